The summed E-state index contributed by atoms with van der Waals surface area (Å²) < 4.78 is 44.6. The van der Waals surface area contributed by atoms with Crippen molar-refractivity contribution < 1.29 is 27.8 Å². The second-order valence-corrected chi connectivity index (χ2v) is 9.91. The Kier molecular flexibility index (Phi) is 7.59. The Hall–Kier alpha value is -3.54. The van der Waals surface area contributed by atoms with Crippen molar-refractivity contribution in [3.63, 3.8) is 0 Å². The molecular formula is C26H29F3N6O3. The average molecular weight is 531 g/mol. The standard InChI is InChI=1S/C26H29F3N6O3/c27-26(28,29)21-7-3-17(14-30-21)24-32-25(34-33-24)18-4-8-22(31-15-18)35-11-9-20(10-12-35)38-19-5-1-16(2-6-19)13-23(36)37/h3-4,7-8,14-16,19-20H,1-2,5-6,9-13H2,(H,36,37)(H,32,33,34). The summed E-state index contributed by atoms with van der Waals surface area (Å²) in [6.07, 6.45) is 4.50. The number of piperidine rings is 1. The van der Waals surface area contributed by atoms with E-state index in [9.17, 15) is 18.0 Å². The zero-order valence-corrected chi connectivity index (χ0v) is 20.7. The zero-order chi connectivity index (χ0) is 26.7. The van der Waals surface area contributed by atoms with Gasteiger partial charge in [-0.3, -0.25) is 14.9 Å². The average Bonchev–Trinajstić information content (AvgIpc) is 3.40. The normalized spacial score (nSPS) is 21.0. The quantitative estimate of drug-likeness (QED) is 0.440. The van der Waals surface area contributed by atoms with Crippen molar-refractivity contribution >= 4 is 11.8 Å². The zero-order valence-electron chi connectivity index (χ0n) is 20.7. The minimum atomic E-state index is -4.50. The fraction of sp³-hybridized carbons (Fsp3) is 0.500. The van der Waals surface area contributed by atoms with Crippen LogP contribution in [0.5, 0.6) is 0 Å². The van der Waals surface area contributed by atoms with E-state index in [1.54, 1.807) is 6.20 Å². The Balaban J connectivity index is 1.12. The molecule has 1 aliphatic carbocycles. The summed E-state index contributed by atoms with van der Waals surface area (Å²) >= 11 is 0. The smallest absolute Gasteiger partial charge is 0.433 e. The molecule has 1 aliphatic heterocycles. The predicted molar refractivity (Wildman–Crippen MR) is 132 cm³/mol. The summed E-state index contributed by atoms with van der Waals surface area (Å²) in [6.45, 7) is 1.66. The Labute approximate surface area is 217 Å². The van der Waals surface area contributed by atoms with E-state index in [4.69, 9.17) is 9.84 Å². The monoisotopic (exact) mass is 530 g/mol. The molecule has 3 aromatic rings. The molecule has 38 heavy (non-hydrogen) atoms. The highest BCUT2D eigenvalue weighted by molar-refractivity contribution is 5.67. The van der Waals surface area contributed by atoms with Crippen LogP contribution in [-0.4, -0.2) is 61.5 Å². The molecule has 4 heterocycles. The number of carbonyl (C=O) groups is 1. The molecule has 2 aliphatic rings. The minimum absolute atomic E-state index is 0.206. The molecule has 1 saturated heterocycles. The van der Waals surface area contributed by atoms with Crippen molar-refractivity contribution in [3.8, 4) is 22.8 Å². The van der Waals surface area contributed by atoms with Gasteiger partial charge in [-0.2, -0.15) is 18.3 Å². The first-order valence-electron chi connectivity index (χ1n) is 12.8. The van der Waals surface area contributed by atoms with Gasteiger partial charge in [-0.05, 0) is 68.7 Å². The van der Waals surface area contributed by atoms with Crippen LogP contribution in [0.4, 0.5) is 19.0 Å². The molecule has 0 spiro atoms. The van der Waals surface area contributed by atoms with Gasteiger partial charge in [0, 0.05) is 43.0 Å². The van der Waals surface area contributed by atoms with E-state index in [0.717, 1.165) is 69.7 Å². The number of aromatic amines is 1. The number of hydrogen-bond acceptors (Lipinski definition) is 7. The van der Waals surface area contributed by atoms with E-state index in [1.807, 2.05) is 12.1 Å². The highest BCUT2D eigenvalue weighted by Crippen LogP contribution is 2.32. The first-order chi connectivity index (χ1) is 18.2. The Morgan fingerprint density at radius 1 is 0.974 bits per heavy atom. The number of halogens is 3. The van der Waals surface area contributed by atoms with Gasteiger partial charge in [0.05, 0.1) is 12.2 Å². The predicted octanol–water partition coefficient (Wildman–Crippen LogP) is 4.97. The molecule has 5 rings (SSSR count). The summed E-state index contributed by atoms with van der Waals surface area (Å²) in [4.78, 5) is 25.5. The van der Waals surface area contributed by atoms with Crippen LogP contribution in [0, 0.1) is 5.92 Å². The van der Waals surface area contributed by atoms with E-state index in [1.165, 1.54) is 6.07 Å². The fourth-order valence-corrected chi connectivity index (χ4v) is 5.14. The van der Waals surface area contributed by atoms with Gasteiger partial charge in [-0.1, -0.05) is 0 Å². The lowest BCUT2D eigenvalue weighted by atomic mass is 9.85. The van der Waals surface area contributed by atoms with Gasteiger partial charge in [0.2, 0.25) is 0 Å². The summed E-state index contributed by atoms with van der Waals surface area (Å²) in [7, 11) is 0. The Morgan fingerprint density at radius 2 is 1.66 bits per heavy atom. The van der Waals surface area contributed by atoms with Gasteiger partial charge in [0.15, 0.2) is 11.6 Å². The van der Waals surface area contributed by atoms with Gasteiger partial charge in [-0.15, -0.1) is 0 Å². The fourth-order valence-electron chi connectivity index (χ4n) is 5.14. The van der Waals surface area contributed by atoms with Gasteiger partial charge in [-0.25, -0.2) is 9.97 Å². The summed E-state index contributed by atoms with van der Waals surface area (Å²) in [5.74, 6) is 1.12. The molecule has 2 N–H and O–H groups in total. The number of nitrogens with one attached hydrogen (secondary N) is 1. The number of carboxylic acid groups (broad SMARTS) is 1. The molecule has 1 saturated carbocycles. The molecule has 0 aromatic carbocycles. The number of anilines is 1. The molecule has 3 aromatic heterocycles. The number of ether oxygens (including phenoxy) is 1. The highest BCUT2D eigenvalue weighted by Gasteiger charge is 2.32. The van der Waals surface area contributed by atoms with Crippen LogP contribution in [0.2, 0.25) is 0 Å². The lowest BCUT2D eigenvalue weighted by Gasteiger charge is -2.36. The second kappa shape index (κ2) is 11.1. The lowest BCUT2D eigenvalue weighted by Crippen LogP contribution is -2.39. The number of H-pyrrole nitrogens is 1. The SMILES string of the molecule is O=C(O)CC1CCC(OC2CCN(c3ccc(-c4n[nH]c(-c5ccc(C(F)(F)F)nc5)n4)cn3)CC2)CC1. The first-order valence-corrected chi connectivity index (χ1v) is 12.8. The van der Waals surface area contributed by atoms with Crippen LogP contribution in [0.3, 0.4) is 0 Å². The molecule has 0 radical (unpaired) electrons. The molecule has 0 bridgehead atoms. The molecule has 0 amide bonds. The van der Waals surface area contributed by atoms with Crippen molar-refractivity contribution in [2.75, 3.05) is 18.0 Å². The maximum Gasteiger partial charge on any atom is 0.433 e. The van der Waals surface area contributed by atoms with Crippen molar-refractivity contribution in [2.45, 2.75) is 63.3 Å². The number of hydrogen-bond donors (Lipinski definition) is 2. The molecule has 202 valence electrons. The minimum Gasteiger partial charge on any atom is -0.481 e. The van der Waals surface area contributed by atoms with Crippen molar-refractivity contribution in [3.05, 3.63) is 42.4 Å². The summed E-state index contributed by atoms with van der Waals surface area (Å²) in [5, 5.41) is 15.9. The van der Waals surface area contributed by atoms with E-state index in [2.05, 4.69) is 30.0 Å². The Morgan fingerprint density at radius 3 is 2.26 bits per heavy atom. The van der Waals surface area contributed by atoms with E-state index in [-0.39, 0.29) is 24.5 Å². The van der Waals surface area contributed by atoms with Crippen LogP contribution in [0.25, 0.3) is 22.8 Å². The third kappa shape index (κ3) is 6.29. The summed E-state index contributed by atoms with van der Waals surface area (Å²) in [6, 6.07) is 6.00. The van der Waals surface area contributed by atoms with Crippen LogP contribution < -0.4 is 4.90 Å². The molecule has 9 nitrogen and oxygen atoms in total. The molecule has 2 fully saturated rings. The van der Waals surface area contributed by atoms with Crippen LogP contribution in [-0.2, 0) is 15.7 Å². The highest BCUT2D eigenvalue weighted by atomic mass is 19.4. The first kappa shape index (κ1) is 26.1. The van der Waals surface area contributed by atoms with E-state index >= 15 is 0 Å². The Bertz CT molecular complexity index is 1220. The molecule has 0 atom stereocenters. The number of carboxylic acids is 1. The topological polar surface area (TPSA) is 117 Å². The van der Waals surface area contributed by atoms with Crippen LogP contribution in [0.1, 0.15) is 50.6 Å². The van der Waals surface area contributed by atoms with Crippen LogP contribution in [0.15, 0.2) is 36.7 Å². The third-order valence-electron chi connectivity index (χ3n) is 7.23. The number of pyridine rings is 2. The number of aromatic nitrogens is 5. The lowest BCUT2D eigenvalue weighted by molar-refractivity contribution is -0.141. The van der Waals surface area contributed by atoms with Crippen LogP contribution >= 0.6 is 0 Å². The van der Waals surface area contributed by atoms with Gasteiger partial charge in [0.1, 0.15) is 11.5 Å². The van der Waals surface area contributed by atoms with Crippen molar-refractivity contribution in [2.24, 2.45) is 5.92 Å². The van der Waals surface area contributed by atoms with Gasteiger partial charge < -0.3 is 14.7 Å². The molecule has 0 unspecified atom stereocenters. The van der Waals surface area contributed by atoms with Gasteiger partial charge >= 0.3 is 12.1 Å². The van der Waals surface area contributed by atoms with E-state index in [0.29, 0.717) is 22.8 Å². The number of aliphatic carboxylic acids is 1. The molecular weight excluding hydrogens is 501 g/mol. The van der Waals surface area contributed by atoms with Crippen molar-refractivity contribution in [1.29, 1.82) is 0 Å². The third-order valence-corrected chi connectivity index (χ3v) is 7.23. The largest absolute Gasteiger partial charge is 0.481 e. The maximum atomic E-state index is 12.7. The van der Waals surface area contributed by atoms with Crippen molar-refractivity contribution in [1.82, 2.24) is 25.1 Å². The molecule has 12 heteroatoms. The number of rotatable bonds is 7. The summed E-state index contributed by atoms with van der Waals surface area (Å²) in [5.41, 5.74) is 0.129. The number of alkyl halides is 3. The second-order valence-electron chi connectivity index (χ2n) is 9.91. The number of nitrogens with zero attached hydrogens (tertiary/aromatic N) is 5. The van der Waals surface area contributed by atoms with E-state index < -0.39 is 17.8 Å². The maximum absolute atomic E-state index is 12.7. The van der Waals surface area contributed by atoms with Gasteiger partial charge in [0.25, 0.3) is 0 Å².